The molecule has 3 rings (SSSR count). The van der Waals surface area contributed by atoms with E-state index >= 15 is 0 Å². The van der Waals surface area contributed by atoms with Crippen molar-refractivity contribution in [2.75, 3.05) is 20.0 Å². The SMILES string of the molecule is COc1ccc(CNC(=O)CSc2nncn2-c2ccc(C(C)C)cc2)cc1OC. The zero-order chi connectivity index (χ0) is 21.5. The third-order valence-electron chi connectivity index (χ3n) is 4.62. The zero-order valence-electron chi connectivity index (χ0n) is 17.6. The molecule has 0 radical (unpaired) electrons. The van der Waals surface area contributed by atoms with E-state index in [9.17, 15) is 4.79 Å². The number of nitrogens with zero attached hydrogens (tertiary/aromatic N) is 3. The predicted octanol–water partition coefficient (Wildman–Crippen LogP) is 3.82. The molecule has 0 unspecified atom stereocenters. The van der Waals surface area contributed by atoms with Crippen molar-refractivity contribution >= 4 is 17.7 Å². The van der Waals surface area contributed by atoms with Gasteiger partial charge in [-0.1, -0.05) is 43.8 Å². The standard InChI is InChI=1S/C22H26N4O3S/c1-15(2)17-6-8-18(9-7-17)26-14-24-25-22(26)30-13-21(27)23-12-16-5-10-19(28-3)20(11-16)29-4/h5-11,14-15H,12-13H2,1-4H3,(H,23,27). The van der Waals surface area contributed by atoms with E-state index in [1.165, 1.54) is 17.3 Å². The summed E-state index contributed by atoms with van der Waals surface area (Å²) in [5.41, 5.74) is 3.17. The summed E-state index contributed by atoms with van der Waals surface area (Å²) in [7, 11) is 3.18. The molecule has 2 aromatic carbocycles. The van der Waals surface area contributed by atoms with Crippen LogP contribution in [0.3, 0.4) is 0 Å². The van der Waals surface area contributed by atoms with E-state index in [1.54, 1.807) is 20.5 Å². The number of aromatic nitrogens is 3. The molecule has 0 bridgehead atoms. The van der Waals surface area contributed by atoms with Gasteiger partial charge in [-0.25, -0.2) is 0 Å². The highest BCUT2D eigenvalue weighted by Crippen LogP contribution is 2.27. The molecule has 0 aliphatic heterocycles. The Labute approximate surface area is 180 Å². The minimum atomic E-state index is -0.0838. The van der Waals surface area contributed by atoms with Gasteiger partial charge in [0.1, 0.15) is 6.33 Å². The molecule has 0 saturated heterocycles. The van der Waals surface area contributed by atoms with Gasteiger partial charge in [0.25, 0.3) is 0 Å². The van der Waals surface area contributed by atoms with Gasteiger partial charge < -0.3 is 14.8 Å². The smallest absolute Gasteiger partial charge is 0.230 e. The summed E-state index contributed by atoms with van der Waals surface area (Å²) < 4.78 is 12.4. The monoisotopic (exact) mass is 426 g/mol. The van der Waals surface area contributed by atoms with Gasteiger partial charge in [-0.05, 0) is 41.3 Å². The maximum Gasteiger partial charge on any atom is 0.230 e. The van der Waals surface area contributed by atoms with Crippen LogP contribution in [0, 0.1) is 0 Å². The number of thioether (sulfide) groups is 1. The first kappa shape index (κ1) is 21.7. The Morgan fingerprint density at radius 3 is 2.50 bits per heavy atom. The van der Waals surface area contributed by atoms with Gasteiger partial charge in [-0.15, -0.1) is 10.2 Å². The fraction of sp³-hybridized carbons (Fsp3) is 0.318. The largest absolute Gasteiger partial charge is 0.493 e. The van der Waals surface area contributed by atoms with Crippen LogP contribution in [-0.4, -0.2) is 40.6 Å². The van der Waals surface area contributed by atoms with Crippen LogP contribution in [0.25, 0.3) is 5.69 Å². The van der Waals surface area contributed by atoms with Crippen LogP contribution in [-0.2, 0) is 11.3 Å². The summed E-state index contributed by atoms with van der Waals surface area (Å²) in [6.07, 6.45) is 1.66. The van der Waals surface area contributed by atoms with Gasteiger partial charge in [0.15, 0.2) is 16.7 Å². The third-order valence-corrected chi connectivity index (χ3v) is 5.57. The lowest BCUT2D eigenvalue weighted by Crippen LogP contribution is -2.24. The highest BCUT2D eigenvalue weighted by atomic mass is 32.2. The number of hydrogen-bond acceptors (Lipinski definition) is 6. The van der Waals surface area contributed by atoms with E-state index < -0.39 is 0 Å². The van der Waals surface area contributed by atoms with E-state index in [0.29, 0.717) is 29.1 Å². The lowest BCUT2D eigenvalue weighted by atomic mass is 10.0. The first-order chi connectivity index (χ1) is 14.5. The van der Waals surface area contributed by atoms with Crippen molar-refractivity contribution in [3.63, 3.8) is 0 Å². The van der Waals surface area contributed by atoms with Crippen molar-refractivity contribution in [2.24, 2.45) is 0 Å². The molecular weight excluding hydrogens is 400 g/mol. The van der Waals surface area contributed by atoms with Crippen molar-refractivity contribution in [2.45, 2.75) is 31.5 Å². The quantitative estimate of drug-likeness (QED) is 0.524. The summed E-state index contributed by atoms with van der Waals surface area (Å²) in [6.45, 7) is 4.73. The lowest BCUT2D eigenvalue weighted by molar-refractivity contribution is -0.118. The number of rotatable bonds is 9. The maximum atomic E-state index is 12.3. The van der Waals surface area contributed by atoms with Crippen LogP contribution in [0.15, 0.2) is 53.9 Å². The van der Waals surface area contributed by atoms with Crippen molar-refractivity contribution in [3.8, 4) is 17.2 Å². The van der Waals surface area contributed by atoms with Crippen LogP contribution in [0.5, 0.6) is 11.5 Å². The summed E-state index contributed by atoms with van der Waals surface area (Å²) in [4.78, 5) is 12.3. The lowest BCUT2D eigenvalue weighted by Gasteiger charge is -2.11. The predicted molar refractivity (Wildman–Crippen MR) is 118 cm³/mol. The van der Waals surface area contributed by atoms with Gasteiger partial charge >= 0.3 is 0 Å². The van der Waals surface area contributed by atoms with Crippen LogP contribution in [0.1, 0.15) is 30.9 Å². The van der Waals surface area contributed by atoms with Crippen LogP contribution < -0.4 is 14.8 Å². The van der Waals surface area contributed by atoms with Gasteiger partial charge in [0.2, 0.25) is 5.91 Å². The van der Waals surface area contributed by atoms with Crippen molar-refractivity contribution in [3.05, 3.63) is 59.9 Å². The van der Waals surface area contributed by atoms with E-state index in [2.05, 4.69) is 41.5 Å². The van der Waals surface area contributed by atoms with E-state index in [1.807, 2.05) is 34.9 Å². The number of hydrogen-bond donors (Lipinski definition) is 1. The van der Waals surface area contributed by atoms with Crippen LogP contribution in [0.4, 0.5) is 0 Å². The Morgan fingerprint density at radius 1 is 1.10 bits per heavy atom. The van der Waals surface area contributed by atoms with Crippen LogP contribution >= 0.6 is 11.8 Å². The fourth-order valence-corrected chi connectivity index (χ4v) is 3.65. The molecule has 0 fully saturated rings. The van der Waals surface area contributed by atoms with E-state index in [-0.39, 0.29) is 11.7 Å². The summed E-state index contributed by atoms with van der Waals surface area (Å²) >= 11 is 1.35. The molecule has 0 saturated carbocycles. The number of benzene rings is 2. The molecule has 1 N–H and O–H groups in total. The van der Waals surface area contributed by atoms with Gasteiger partial charge in [-0.3, -0.25) is 9.36 Å². The molecule has 0 aliphatic carbocycles. The molecule has 30 heavy (non-hydrogen) atoms. The molecular formula is C22H26N4O3S. The minimum Gasteiger partial charge on any atom is -0.493 e. The molecule has 1 heterocycles. The number of methoxy groups -OCH3 is 2. The number of amides is 1. The highest BCUT2D eigenvalue weighted by Gasteiger charge is 2.11. The zero-order valence-corrected chi connectivity index (χ0v) is 18.4. The Balaban J connectivity index is 1.56. The fourth-order valence-electron chi connectivity index (χ4n) is 2.89. The van der Waals surface area contributed by atoms with Crippen molar-refractivity contribution in [1.82, 2.24) is 20.1 Å². The normalized spacial score (nSPS) is 10.8. The summed E-state index contributed by atoms with van der Waals surface area (Å²) in [5.74, 6) is 1.93. The topological polar surface area (TPSA) is 78.3 Å². The first-order valence-electron chi connectivity index (χ1n) is 9.62. The molecule has 0 atom stereocenters. The van der Waals surface area contributed by atoms with Gasteiger partial charge in [0, 0.05) is 12.2 Å². The summed E-state index contributed by atoms with van der Waals surface area (Å²) in [6, 6.07) is 13.9. The molecule has 1 amide bonds. The Bertz CT molecular complexity index is 986. The minimum absolute atomic E-state index is 0.0838. The number of nitrogens with one attached hydrogen (secondary N) is 1. The molecule has 158 valence electrons. The van der Waals surface area contributed by atoms with Crippen molar-refractivity contribution in [1.29, 1.82) is 0 Å². The Kier molecular flexibility index (Phi) is 7.35. The van der Waals surface area contributed by atoms with E-state index in [0.717, 1.165) is 11.3 Å². The highest BCUT2D eigenvalue weighted by molar-refractivity contribution is 7.99. The van der Waals surface area contributed by atoms with Gasteiger partial charge in [-0.2, -0.15) is 0 Å². The molecule has 0 aliphatic rings. The Morgan fingerprint density at radius 2 is 1.83 bits per heavy atom. The number of carbonyl (C=O) groups excluding carboxylic acids is 1. The second kappa shape index (κ2) is 10.2. The summed E-state index contributed by atoms with van der Waals surface area (Å²) in [5, 5.41) is 11.7. The second-order valence-electron chi connectivity index (χ2n) is 6.98. The van der Waals surface area contributed by atoms with Gasteiger partial charge in [0.05, 0.1) is 20.0 Å². The molecule has 0 spiro atoms. The average Bonchev–Trinajstić information content (AvgIpc) is 3.24. The molecule has 3 aromatic rings. The van der Waals surface area contributed by atoms with E-state index in [4.69, 9.17) is 9.47 Å². The first-order valence-corrected chi connectivity index (χ1v) is 10.6. The molecule has 7 nitrogen and oxygen atoms in total. The van der Waals surface area contributed by atoms with Crippen molar-refractivity contribution < 1.29 is 14.3 Å². The molecule has 1 aromatic heterocycles. The number of carbonyl (C=O) groups is 1. The molecule has 8 heteroatoms. The van der Waals surface area contributed by atoms with Crippen LogP contribution in [0.2, 0.25) is 0 Å². The third kappa shape index (κ3) is 5.33. The average molecular weight is 427 g/mol. The number of ether oxygens (including phenoxy) is 2. The maximum absolute atomic E-state index is 12.3. The Hall–Kier alpha value is -3.00. The second-order valence-corrected chi connectivity index (χ2v) is 7.93.